The van der Waals surface area contributed by atoms with Crippen LogP contribution in [0.15, 0.2) is 60.7 Å². The molecule has 3 aromatic rings. The van der Waals surface area contributed by atoms with Gasteiger partial charge in [0.2, 0.25) is 0 Å². The number of nitrogens with one attached hydrogen (secondary N) is 1. The Morgan fingerprint density at radius 3 is 2.71 bits per heavy atom. The summed E-state index contributed by atoms with van der Waals surface area (Å²) in [6.45, 7) is 0.426. The van der Waals surface area contributed by atoms with Gasteiger partial charge in [0.25, 0.3) is 0 Å². The highest BCUT2D eigenvalue weighted by Gasteiger charge is 2.42. The standard InChI is InChI=1S/C25H25Cl3N2O3S/c1-31-24(32-2)16-10-11-19-21(15-16)34-30-23(19)29-25(33-14-6-13-26)12-5-8-18(22(25)28)17-7-3-4-9-20(17)27/h3-5,7-12,15,22,24H,6,13-14H2,1-2H3,(H,29,30). The molecular formula is C25H25Cl3N2O3S. The van der Waals surface area contributed by atoms with Crippen molar-refractivity contribution in [3.05, 3.63) is 76.8 Å². The van der Waals surface area contributed by atoms with E-state index < -0.39 is 17.4 Å². The molecule has 4 rings (SSSR count). The summed E-state index contributed by atoms with van der Waals surface area (Å²) in [5.74, 6) is 1.17. The van der Waals surface area contributed by atoms with Crippen LogP contribution in [0.25, 0.3) is 15.7 Å². The Morgan fingerprint density at radius 1 is 1.18 bits per heavy atom. The van der Waals surface area contributed by atoms with Gasteiger partial charge in [0, 0.05) is 36.1 Å². The molecule has 0 aliphatic heterocycles. The summed E-state index contributed by atoms with van der Waals surface area (Å²) in [5, 5.41) is 4.49. The van der Waals surface area contributed by atoms with Crippen molar-refractivity contribution < 1.29 is 14.2 Å². The van der Waals surface area contributed by atoms with E-state index in [1.165, 1.54) is 11.5 Å². The molecule has 180 valence electrons. The molecule has 1 aliphatic carbocycles. The summed E-state index contributed by atoms with van der Waals surface area (Å²) < 4.78 is 22.8. The number of aromatic nitrogens is 1. The molecule has 34 heavy (non-hydrogen) atoms. The number of hydrogen-bond donors (Lipinski definition) is 1. The summed E-state index contributed by atoms with van der Waals surface area (Å²) in [7, 11) is 3.22. The number of fused-ring (bicyclic) bond motifs is 1. The van der Waals surface area contributed by atoms with Crippen LogP contribution in [-0.4, -0.2) is 42.2 Å². The van der Waals surface area contributed by atoms with Crippen LogP contribution < -0.4 is 5.32 Å². The van der Waals surface area contributed by atoms with Crippen molar-refractivity contribution in [1.29, 1.82) is 0 Å². The third-order valence-corrected chi connectivity index (χ3v) is 7.55. The van der Waals surface area contributed by atoms with Crippen molar-refractivity contribution in [3.63, 3.8) is 0 Å². The number of alkyl halides is 2. The number of nitrogens with zero attached hydrogens (tertiary/aromatic N) is 1. The van der Waals surface area contributed by atoms with Gasteiger partial charge in [-0.05, 0) is 53.4 Å². The number of ether oxygens (including phenoxy) is 3. The Hall–Kier alpha value is -1.64. The van der Waals surface area contributed by atoms with Crippen LogP contribution in [0.4, 0.5) is 5.82 Å². The minimum Gasteiger partial charge on any atom is -0.352 e. The molecule has 1 aliphatic rings. The van der Waals surface area contributed by atoms with E-state index in [-0.39, 0.29) is 0 Å². The van der Waals surface area contributed by atoms with E-state index in [0.717, 1.165) is 26.8 Å². The van der Waals surface area contributed by atoms with E-state index in [0.29, 0.717) is 29.7 Å². The normalized spacial score (nSPS) is 20.2. The van der Waals surface area contributed by atoms with E-state index in [9.17, 15) is 0 Å². The number of halogens is 3. The van der Waals surface area contributed by atoms with Gasteiger partial charge in [0.15, 0.2) is 12.0 Å². The van der Waals surface area contributed by atoms with Crippen LogP contribution in [0.3, 0.4) is 0 Å². The SMILES string of the molecule is COC(OC)c1ccc2c(NC3(OCCCCl)C=CC=C(c4ccccc4Cl)C3Cl)nsc2c1. The molecule has 1 heterocycles. The second-order valence-electron chi connectivity index (χ2n) is 7.72. The lowest BCUT2D eigenvalue weighted by molar-refractivity contribution is -0.105. The molecule has 0 spiro atoms. The second-order valence-corrected chi connectivity index (χ2v) is 9.75. The van der Waals surface area contributed by atoms with E-state index in [4.69, 9.17) is 49.0 Å². The lowest BCUT2D eigenvalue weighted by Crippen LogP contribution is -2.49. The van der Waals surface area contributed by atoms with Gasteiger partial charge >= 0.3 is 0 Å². The highest BCUT2D eigenvalue weighted by atomic mass is 35.5. The third kappa shape index (κ3) is 5.14. The molecule has 0 amide bonds. The molecule has 2 aromatic carbocycles. The van der Waals surface area contributed by atoms with Gasteiger partial charge in [0.05, 0.1) is 11.3 Å². The highest BCUT2D eigenvalue weighted by molar-refractivity contribution is 7.13. The summed E-state index contributed by atoms with van der Waals surface area (Å²) in [4.78, 5) is 0. The zero-order valence-electron chi connectivity index (χ0n) is 18.8. The molecular weight excluding hydrogens is 515 g/mol. The maximum absolute atomic E-state index is 7.11. The monoisotopic (exact) mass is 538 g/mol. The average molecular weight is 540 g/mol. The smallest absolute Gasteiger partial charge is 0.183 e. The van der Waals surface area contributed by atoms with Crippen LogP contribution >= 0.6 is 46.3 Å². The van der Waals surface area contributed by atoms with Crippen molar-refractivity contribution in [2.45, 2.75) is 23.8 Å². The van der Waals surface area contributed by atoms with E-state index >= 15 is 0 Å². The van der Waals surface area contributed by atoms with Gasteiger partial charge in [-0.3, -0.25) is 0 Å². The van der Waals surface area contributed by atoms with Crippen molar-refractivity contribution in [2.24, 2.45) is 0 Å². The summed E-state index contributed by atoms with van der Waals surface area (Å²) in [6, 6.07) is 13.6. The largest absolute Gasteiger partial charge is 0.352 e. The zero-order chi connectivity index (χ0) is 24.1. The molecule has 1 aromatic heterocycles. The van der Waals surface area contributed by atoms with Gasteiger partial charge in [-0.25, -0.2) is 0 Å². The molecule has 2 atom stereocenters. The van der Waals surface area contributed by atoms with E-state index in [2.05, 4.69) is 9.69 Å². The lowest BCUT2D eigenvalue weighted by atomic mass is 9.90. The van der Waals surface area contributed by atoms with Crippen LogP contribution in [0.1, 0.15) is 23.8 Å². The number of methoxy groups -OCH3 is 2. The molecule has 0 bridgehead atoms. The topological polar surface area (TPSA) is 52.6 Å². The van der Waals surface area contributed by atoms with Gasteiger partial charge < -0.3 is 19.5 Å². The van der Waals surface area contributed by atoms with E-state index in [1.807, 2.05) is 60.7 Å². The predicted octanol–water partition coefficient (Wildman–Crippen LogP) is 7.26. The van der Waals surface area contributed by atoms with Crippen molar-refractivity contribution in [1.82, 2.24) is 4.37 Å². The fourth-order valence-electron chi connectivity index (χ4n) is 3.92. The van der Waals surface area contributed by atoms with Crippen LogP contribution in [0.5, 0.6) is 0 Å². The minimum atomic E-state index is -1.04. The minimum absolute atomic E-state index is 0.426. The number of allylic oxidation sites excluding steroid dienone is 2. The molecule has 0 fully saturated rings. The summed E-state index contributed by atoms with van der Waals surface area (Å²) in [6.07, 6.45) is 6.06. The molecule has 2 unspecified atom stereocenters. The van der Waals surface area contributed by atoms with Gasteiger partial charge in [-0.1, -0.05) is 48.0 Å². The number of rotatable bonds is 10. The highest BCUT2D eigenvalue weighted by Crippen LogP contribution is 2.41. The summed E-state index contributed by atoms with van der Waals surface area (Å²) in [5.41, 5.74) is 1.59. The Labute approximate surface area is 218 Å². The van der Waals surface area contributed by atoms with Crippen molar-refractivity contribution in [2.75, 3.05) is 32.0 Å². The van der Waals surface area contributed by atoms with Gasteiger partial charge in [-0.15, -0.1) is 23.2 Å². The fourth-order valence-corrected chi connectivity index (χ4v) is 5.44. The zero-order valence-corrected chi connectivity index (χ0v) is 21.8. The summed E-state index contributed by atoms with van der Waals surface area (Å²) >= 11 is 20.9. The fraction of sp³-hybridized carbons (Fsp3) is 0.320. The Kier molecular flexibility index (Phi) is 8.53. The quantitative estimate of drug-likeness (QED) is 0.167. The van der Waals surface area contributed by atoms with Gasteiger partial charge in [0.1, 0.15) is 11.2 Å². The predicted molar refractivity (Wildman–Crippen MR) is 142 cm³/mol. The number of hydrogen-bond acceptors (Lipinski definition) is 6. The van der Waals surface area contributed by atoms with Crippen molar-refractivity contribution >= 4 is 67.8 Å². The van der Waals surface area contributed by atoms with Crippen LogP contribution in [-0.2, 0) is 14.2 Å². The van der Waals surface area contributed by atoms with E-state index in [1.54, 1.807) is 14.2 Å². The molecule has 5 nitrogen and oxygen atoms in total. The maximum atomic E-state index is 7.11. The van der Waals surface area contributed by atoms with Crippen LogP contribution in [0, 0.1) is 0 Å². The number of benzene rings is 2. The molecule has 1 N–H and O–H groups in total. The average Bonchev–Trinajstić information content (AvgIpc) is 3.24. The third-order valence-electron chi connectivity index (χ3n) is 5.58. The lowest BCUT2D eigenvalue weighted by Gasteiger charge is -2.39. The Bertz CT molecular complexity index is 1200. The van der Waals surface area contributed by atoms with Crippen molar-refractivity contribution in [3.8, 4) is 0 Å². The maximum Gasteiger partial charge on any atom is 0.183 e. The van der Waals surface area contributed by atoms with Crippen LogP contribution in [0.2, 0.25) is 5.02 Å². The molecule has 0 radical (unpaired) electrons. The molecule has 0 saturated carbocycles. The first-order valence-corrected chi connectivity index (χ1v) is 12.9. The first kappa shape index (κ1) is 25.5. The molecule has 0 saturated heterocycles. The second kappa shape index (κ2) is 11.4. The van der Waals surface area contributed by atoms with Gasteiger partial charge in [-0.2, -0.15) is 4.37 Å². The number of anilines is 1. The Morgan fingerprint density at radius 2 is 1.97 bits per heavy atom. The molecule has 9 heteroatoms. The first-order chi connectivity index (χ1) is 16.5. The Balaban J connectivity index is 1.69. The first-order valence-electron chi connectivity index (χ1n) is 10.7.